The normalized spacial score (nSPS) is 13.7. The Labute approximate surface area is 261 Å². The molecule has 9 heteroatoms. The number of aromatic nitrogens is 1. The Morgan fingerprint density at radius 2 is 1.69 bits per heavy atom. The first kappa shape index (κ1) is 33.3. The summed E-state index contributed by atoms with van der Waals surface area (Å²) in [7, 11) is -1.17. The van der Waals surface area contributed by atoms with Gasteiger partial charge in [-0.25, -0.2) is 4.79 Å². The average molecular weight is 574 g/mol. The molecule has 0 saturated carbocycles. The molecule has 3 aromatic rings. The number of rotatable bonds is 11. The van der Waals surface area contributed by atoms with Gasteiger partial charge in [0.2, 0.25) is 9.04 Å². The number of amides is 1. The molecule has 1 radical (unpaired) electrons. The molecule has 6 nitrogen and oxygen atoms in total. The van der Waals surface area contributed by atoms with Gasteiger partial charge in [-0.2, -0.15) is 11.8 Å². The van der Waals surface area contributed by atoms with Gasteiger partial charge < -0.3 is 16.3 Å². The van der Waals surface area contributed by atoms with Crippen LogP contribution in [0.5, 0.6) is 0 Å². The number of carbonyl (C=O) groups excluding carboxylic acids is 1. The minimum atomic E-state index is -1.17. The van der Waals surface area contributed by atoms with Crippen molar-refractivity contribution in [3.63, 3.8) is 0 Å². The Bertz CT molecular complexity index is 1250. The molecular weight excluding hydrogens is 535 g/mol. The Balaban J connectivity index is 0.00000400. The fourth-order valence-corrected chi connectivity index (χ4v) is 6.37. The van der Waals surface area contributed by atoms with Crippen molar-refractivity contribution in [2.45, 2.75) is 51.9 Å². The summed E-state index contributed by atoms with van der Waals surface area (Å²) in [5.74, 6) is -0.813. The van der Waals surface area contributed by atoms with E-state index in [-0.39, 0.29) is 36.4 Å². The smallest absolute Gasteiger partial charge is 1.00 e. The molecule has 3 rings (SSSR count). The predicted molar refractivity (Wildman–Crippen MR) is 158 cm³/mol. The third-order valence-electron chi connectivity index (χ3n) is 6.47. The second kappa shape index (κ2) is 14.6. The Hall–Kier alpha value is -1.94. The fraction of sp³-hybridized carbons (Fsp3) is 0.367. The van der Waals surface area contributed by atoms with Crippen LogP contribution in [0.15, 0.2) is 73.1 Å². The summed E-state index contributed by atoms with van der Waals surface area (Å²) in [4.78, 5) is 29.6. The predicted octanol–water partition coefficient (Wildman–Crippen LogP) is 3.36. The number of hydrogen-bond acceptors (Lipinski definition) is 5. The molecule has 1 amide bonds. The number of carbonyl (C=O) groups is 2. The molecular formula is C30H38N2NaO4SSi. The maximum absolute atomic E-state index is 13.5. The molecule has 2 N–H and O–H groups in total. The second-order valence-corrected chi connectivity index (χ2v) is 13.5. The van der Waals surface area contributed by atoms with Gasteiger partial charge in [0.15, 0.2) is 0 Å². The molecule has 0 aliphatic carbocycles. The van der Waals surface area contributed by atoms with Crippen LogP contribution in [0.25, 0.3) is 11.1 Å². The molecule has 1 aromatic heterocycles. The molecule has 2 unspecified atom stereocenters. The third-order valence-corrected chi connectivity index (χ3v) is 7.83. The van der Waals surface area contributed by atoms with Crippen LogP contribution >= 0.6 is 11.8 Å². The van der Waals surface area contributed by atoms with E-state index in [0.29, 0.717) is 17.7 Å². The SMILES string of the molecule is CSCCC(NC(=O)c1ccc(C(O[Si](C)C)(c2ccncc2)C(C)(C)C)cc1-c1ccccc1)C(=O)O.[H-].[Na+]. The number of hydrogen-bond donors (Lipinski definition) is 2. The van der Waals surface area contributed by atoms with Crippen molar-refractivity contribution in [1.29, 1.82) is 0 Å². The summed E-state index contributed by atoms with van der Waals surface area (Å²) < 4.78 is 6.90. The van der Waals surface area contributed by atoms with Crippen molar-refractivity contribution in [1.82, 2.24) is 10.3 Å². The number of aliphatic carboxylic acids is 1. The summed E-state index contributed by atoms with van der Waals surface area (Å²) in [6.07, 6.45) is 5.81. The van der Waals surface area contributed by atoms with Crippen LogP contribution in [-0.2, 0) is 14.8 Å². The van der Waals surface area contributed by atoms with Gasteiger partial charge in [-0.1, -0.05) is 57.2 Å². The van der Waals surface area contributed by atoms with Crippen LogP contribution in [0, 0.1) is 5.41 Å². The van der Waals surface area contributed by atoms with Gasteiger partial charge in [-0.3, -0.25) is 9.78 Å². The fourth-order valence-electron chi connectivity index (χ4n) is 4.74. The van der Waals surface area contributed by atoms with Crippen LogP contribution in [-0.4, -0.2) is 49.1 Å². The molecule has 2 aromatic carbocycles. The van der Waals surface area contributed by atoms with Gasteiger partial charge in [-0.05, 0) is 83.5 Å². The van der Waals surface area contributed by atoms with Crippen molar-refractivity contribution in [3.05, 3.63) is 89.7 Å². The van der Waals surface area contributed by atoms with E-state index in [4.69, 9.17) is 4.43 Å². The minimum absolute atomic E-state index is 0. The van der Waals surface area contributed by atoms with Crippen LogP contribution in [0.3, 0.4) is 0 Å². The van der Waals surface area contributed by atoms with E-state index in [9.17, 15) is 14.7 Å². The summed E-state index contributed by atoms with van der Waals surface area (Å²) in [5.41, 5.74) is 2.79. The van der Waals surface area contributed by atoms with Crippen molar-refractivity contribution in [2.75, 3.05) is 12.0 Å². The Morgan fingerprint density at radius 3 is 2.23 bits per heavy atom. The Kier molecular flexibility index (Phi) is 12.5. The molecule has 0 spiro atoms. The van der Waals surface area contributed by atoms with Crippen molar-refractivity contribution < 1.29 is 50.1 Å². The number of nitrogens with one attached hydrogen (secondary N) is 1. The van der Waals surface area contributed by atoms with E-state index >= 15 is 0 Å². The Morgan fingerprint density at radius 1 is 1.05 bits per heavy atom. The van der Waals surface area contributed by atoms with E-state index in [1.54, 1.807) is 30.2 Å². The number of carboxylic acids is 1. The van der Waals surface area contributed by atoms with Crippen molar-refractivity contribution in [3.8, 4) is 11.1 Å². The molecule has 39 heavy (non-hydrogen) atoms. The zero-order chi connectivity index (χ0) is 27.9. The van der Waals surface area contributed by atoms with Crippen LogP contribution < -0.4 is 34.9 Å². The van der Waals surface area contributed by atoms with Crippen LogP contribution in [0.2, 0.25) is 13.1 Å². The third kappa shape index (κ3) is 7.84. The van der Waals surface area contributed by atoms with Crippen LogP contribution in [0.1, 0.15) is 50.1 Å². The van der Waals surface area contributed by atoms with Gasteiger partial charge in [0.1, 0.15) is 11.6 Å². The number of thioether (sulfide) groups is 1. The standard InChI is InChI=1S/C30H37N2O4SSi.Na.H/c1-29(2,3)30(36-38(5)6,22-14-17-31-18-15-22)23-12-13-24(25(20-23)21-10-8-7-9-11-21)27(33)32-26(28(34)35)16-19-37-4;;/h7-15,17-18,20,26H,16,19H2,1-6H3,(H,32,33)(H,34,35);;/q;+1;-1. The van der Waals surface area contributed by atoms with Crippen LogP contribution in [0.4, 0.5) is 0 Å². The van der Waals surface area contributed by atoms with Gasteiger partial charge in [0.25, 0.3) is 5.91 Å². The molecule has 0 aliphatic rings. The summed E-state index contributed by atoms with van der Waals surface area (Å²) >= 11 is 1.55. The maximum Gasteiger partial charge on any atom is 1.00 e. The molecule has 0 fully saturated rings. The van der Waals surface area contributed by atoms with Crippen molar-refractivity contribution >= 4 is 32.7 Å². The number of nitrogens with zero attached hydrogens (tertiary/aromatic N) is 1. The van der Waals surface area contributed by atoms with Gasteiger partial charge in [0.05, 0.1) is 0 Å². The van der Waals surface area contributed by atoms with Gasteiger partial charge in [0, 0.05) is 18.0 Å². The first-order chi connectivity index (χ1) is 18.0. The zero-order valence-corrected chi connectivity index (χ0v) is 27.8. The summed E-state index contributed by atoms with van der Waals surface area (Å²) in [6, 6.07) is 18.5. The zero-order valence-electron chi connectivity index (χ0n) is 24.9. The van der Waals surface area contributed by atoms with E-state index in [1.165, 1.54) is 0 Å². The molecule has 0 bridgehead atoms. The van der Waals surface area contributed by atoms with Gasteiger partial charge in [-0.15, -0.1) is 0 Å². The monoisotopic (exact) mass is 573 g/mol. The quantitative estimate of drug-likeness (QED) is 0.342. The molecule has 203 valence electrons. The molecule has 0 saturated heterocycles. The number of carboxylic acid groups (broad SMARTS) is 1. The van der Waals surface area contributed by atoms with E-state index < -0.39 is 32.6 Å². The maximum atomic E-state index is 13.5. The summed E-state index contributed by atoms with van der Waals surface area (Å²) in [5, 5.41) is 12.4. The number of benzene rings is 2. The molecule has 1 heterocycles. The molecule has 0 aliphatic heterocycles. The first-order valence-electron chi connectivity index (χ1n) is 12.6. The topological polar surface area (TPSA) is 88.5 Å². The average Bonchev–Trinajstić information content (AvgIpc) is 2.89. The number of pyridine rings is 1. The van der Waals surface area contributed by atoms with Crippen molar-refractivity contribution in [2.24, 2.45) is 5.41 Å². The largest absolute Gasteiger partial charge is 1.00 e. The second-order valence-electron chi connectivity index (χ2n) is 10.4. The molecule has 2 atom stereocenters. The first-order valence-corrected chi connectivity index (χ1v) is 16.4. The summed E-state index contributed by atoms with van der Waals surface area (Å²) in [6.45, 7) is 10.7. The van der Waals surface area contributed by atoms with Gasteiger partial charge >= 0.3 is 35.5 Å². The van der Waals surface area contributed by atoms with E-state index in [1.807, 2.05) is 60.9 Å². The van der Waals surface area contributed by atoms with E-state index in [2.05, 4.69) is 44.2 Å². The van der Waals surface area contributed by atoms with E-state index in [0.717, 1.165) is 22.3 Å². The minimum Gasteiger partial charge on any atom is -1.00 e.